The van der Waals surface area contributed by atoms with Crippen molar-refractivity contribution >= 4 is 6.03 Å². The van der Waals surface area contributed by atoms with Crippen molar-refractivity contribution in [2.45, 2.75) is 19.9 Å². The van der Waals surface area contributed by atoms with Crippen molar-refractivity contribution in [3.8, 4) is 0 Å². The van der Waals surface area contributed by atoms with Gasteiger partial charge in [-0.3, -0.25) is 0 Å². The predicted octanol–water partition coefficient (Wildman–Crippen LogP) is 3.60. The molecule has 0 aromatic heterocycles. The summed E-state index contributed by atoms with van der Waals surface area (Å²) in [6.07, 6.45) is 0.807. The molecule has 22 heavy (non-hydrogen) atoms. The number of likely N-dealkylation sites (N-methyl/N-ethyl adjacent to an activating group) is 1. The highest BCUT2D eigenvalue weighted by Gasteiger charge is 2.11. The Morgan fingerprint density at radius 1 is 1.09 bits per heavy atom. The molecule has 2 amide bonds. The number of nitrogens with one attached hydrogen (secondary N) is 1. The maximum absolute atomic E-state index is 13.5. The van der Waals surface area contributed by atoms with E-state index in [1.54, 1.807) is 23.1 Å². The van der Waals surface area contributed by atoms with Gasteiger partial charge in [-0.05, 0) is 25.0 Å². The first-order valence-corrected chi connectivity index (χ1v) is 7.50. The van der Waals surface area contributed by atoms with Gasteiger partial charge in [-0.25, -0.2) is 9.18 Å². The van der Waals surface area contributed by atoms with E-state index in [1.165, 1.54) is 11.6 Å². The zero-order valence-electron chi connectivity index (χ0n) is 12.8. The second-order valence-corrected chi connectivity index (χ2v) is 5.07. The van der Waals surface area contributed by atoms with Crippen molar-refractivity contribution in [2.75, 3.05) is 13.1 Å². The number of rotatable bonds is 6. The van der Waals surface area contributed by atoms with Crippen molar-refractivity contribution in [3.63, 3.8) is 0 Å². The summed E-state index contributed by atoms with van der Waals surface area (Å²) in [5.74, 6) is -0.296. The maximum atomic E-state index is 13.5. The minimum Gasteiger partial charge on any atom is -0.334 e. The molecular formula is C18H21FN2O. The summed E-state index contributed by atoms with van der Waals surface area (Å²) >= 11 is 0. The minimum atomic E-state index is -0.296. The van der Waals surface area contributed by atoms with E-state index in [0.29, 0.717) is 18.7 Å². The second-order valence-electron chi connectivity index (χ2n) is 5.07. The van der Waals surface area contributed by atoms with Crippen LogP contribution in [-0.4, -0.2) is 24.0 Å². The Labute approximate surface area is 130 Å². The van der Waals surface area contributed by atoms with Gasteiger partial charge in [0.25, 0.3) is 0 Å². The van der Waals surface area contributed by atoms with E-state index in [2.05, 4.69) is 5.32 Å². The number of amides is 2. The number of halogens is 1. The predicted molar refractivity (Wildman–Crippen MR) is 86.0 cm³/mol. The maximum Gasteiger partial charge on any atom is 0.317 e. The van der Waals surface area contributed by atoms with Crippen LogP contribution in [0, 0.1) is 5.82 Å². The summed E-state index contributed by atoms with van der Waals surface area (Å²) in [5.41, 5.74) is 1.69. The summed E-state index contributed by atoms with van der Waals surface area (Å²) in [7, 11) is 0. The fraction of sp³-hybridized carbons (Fsp3) is 0.278. The molecule has 0 aliphatic heterocycles. The van der Waals surface area contributed by atoms with Crippen molar-refractivity contribution in [2.24, 2.45) is 0 Å². The van der Waals surface area contributed by atoms with Crippen LogP contribution in [0.1, 0.15) is 18.1 Å². The first kappa shape index (κ1) is 16.0. The van der Waals surface area contributed by atoms with Gasteiger partial charge in [0.05, 0.1) is 0 Å². The van der Waals surface area contributed by atoms with Gasteiger partial charge < -0.3 is 10.2 Å². The lowest BCUT2D eigenvalue weighted by Gasteiger charge is -2.21. The largest absolute Gasteiger partial charge is 0.334 e. The Kier molecular flexibility index (Phi) is 5.95. The Morgan fingerprint density at radius 2 is 1.77 bits per heavy atom. The fourth-order valence-electron chi connectivity index (χ4n) is 2.24. The third-order valence-corrected chi connectivity index (χ3v) is 3.57. The van der Waals surface area contributed by atoms with Crippen LogP contribution in [0.5, 0.6) is 0 Å². The highest BCUT2D eigenvalue weighted by Crippen LogP contribution is 2.06. The molecule has 0 unspecified atom stereocenters. The third kappa shape index (κ3) is 4.58. The van der Waals surface area contributed by atoms with E-state index in [0.717, 1.165) is 6.42 Å². The average molecular weight is 300 g/mol. The molecule has 0 aliphatic carbocycles. The molecule has 1 N–H and O–H groups in total. The molecule has 2 aromatic rings. The van der Waals surface area contributed by atoms with Crippen molar-refractivity contribution < 1.29 is 9.18 Å². The molecule has 2 aromatic carbocycles. The molecule has 3 nitrogen and oxygen atoms in total. The number of urea groups is 1. The second kappa shape index (κ2) is 8.17. The van der Waals surface area contributed by atoms with Gasteiger partial charge in [0.1, 0.15) is 5.82 Å². The number of hydrogen-bond acceptors (Lipinski definition) is 1. The molecule has 0 spiro atoms. The normalized spacial score (nSPS) is 10.3. The highest BCUT2D eigenvalue weighted by atomic mass is 19.1. The minimum absolute atomic E-state index is 0.165. The van der Waals surface area contributed by atoms with E-state index in [4.69, 9.17) is 0 Å². The van der Waals surface area contributed by atoms with Crippen LogP contribution in [0.2, 0.25) is 0 Å². The van der Waals surface area contributed by atoms with E-state index in [1.807, 2.05) is 37.3 Å². The summed E-state index contributed by atoms with van der Waals surface area (Å²) in [6.45, 7) is 3.40. The summed E-state index contributed by atoms with van der Waals surface area (Å²) < 4.78 is 13.5. The molecule has 0 fully saturated rings. The smallest absolute Gasteiger partial charge is 0.317 e. The number of nitrogens with zero attached hydrogens (tertiary/aromatic N) is 1. The number of benzene rings is 2. The highest BCUT2D eigenvalue weighted by molar-refractivity contribution is 5.74. The van der Waals surface area contributed by atoms with Gasteiger partial charge >= 0.3 is 6.03 Å². The molecule has 0 radical (unpaired) electrons. The number of carbonyl (C=O) groups is 1. The topological polar surface area (TPSA) is 32.3 Å². The molecule has 0 bridgehead atoms. The molecule has 0 heterocycles. The van der Waals surface area contributed by atoms with Crippen molar-refractivity contribution in [1.82, 2.24) is 10.2 Å². The van der Waals surface area contributed by atoms with Crippen LogP contribution in [0.4, 0.5) is 9.18 Å². The molecule has 116 valence electrons. The standard InChI is InChI=1S/C18H21FN2O/c1-2-21(13-12-15-8-4-3-5-9-15)18(22)20-14-16-10-6-7-11-17(16)19/h3-11H,2,12-14H2,1H3,(H,20,22). The van der Waals surface area contributed by atoms with Gasteiger partial charge in [0, 0.05) is 25.2 Å². The zero-order chi connectivity index (χ0) is 15.8. The van der Waals surface area contributed by atoms with E-state index in [9.17, 15) is 9.18 Å². The summed E-state index contributed by atoms with van der Waals surface area (Å²) in [5, 5.41) is 2.77. The lowest BCUT2D eigenvalue weighted by molar-refractivity contribution is 0.200. The molecule has 4 heteroatoms. The SMILES string of the molecule is CCN(CCc1ccccc1)C(=O)NCc1ccccc1F. The number of hydrogen-bond donors (Lipinski definition) is 1. The Hall–Kier alpha value is -2.36. The Balaban J connectivity index is 1.85. The average Bonchev–Trinajstić information content (AvgIpc) is 2.55. The van der Waals surface area contributed by atoms with Crippen molar-refractivity contribution in [1.29, 1.82) is 0 Å². The van der Waals surface area contributed by atoms with Gasteiger partial charge in [0.15, 0.2) is 0 Å². The molecular weight excluding hydrogens is 279 g/mol. The van der Waals surface area contributed by atoms with Crippen LogP contribution in [0.15, 0.2) is 54.6 Å². The summed E-state index contributed by atoms with van der Waals surface area (Å²) in [6, 6.07) is 16.4. The summed E-state index contributed by atoms with van der Waals surface area (Å²) in [4.78, 5) is 13.9. The molecule has 0 atom stereocenters. The van der Waals surface area contributed by atoms with Crippen molar-refractivity contribution in [3.05, 3.63) is 71.5 Å². The van der Waals surface area contributed by atoms with E-state index >= 15 is 0 Å². The Bertz CT molecular complexity index is 601. The Morgan fingerprint density at radius 3 is 2.45 bits per heavy atom. The van der Waals surface area contributed by atoms with Crippen LogP contribution in [0.3, 0.4) is 0 Å². The van der Waals surface area contributed by atoms with Gasteiger partial charge in [-0.2, -0.15) is 0 Å². The van der Waals surface area contributed by atoms with Gasteiger partial charge in [0.2, 0.25) is 0 Å². The first-order chi connectivity index (χ1) is 10.7. The molecule has 0 saturated carbocycles. The molecule has 0 saturated heterocycles. The van der Waals surface area contributed by atoms with E-state index in [-0.39, 0.29) is 18.4 Å². The van der Waals surface area contributed by atoms with Gasteiger partial charge in [-0.1, -0.05) is 48.5 Å². The molecule has 2 rings (SSSR count). The van der Waals surface area contributed by atoms with Crippen LogP contribution in [0.25, 0.3) is 0 Å². The zero-order valence-corrected chi connectivity index (χ0v) is 12.8. The third-order valence-electron chi connectivity index (χ3n) is 3.57. The van der Waals surface area contributed by atoms with Crippen LogP contribution in [-0.2, 0) is 13.0 Å². The quantitative estimate of drug-likeness (QED) is 0.868. The number of carbonyl (C=O) groups excluding carboxylic acids is 1. The molecule has 0 aliphatic rings. The van der Waals surface area contributed by atoms with E-state index < -0.39 is 0 Å². The van der Waals surface area contributed by atoms with Crippen LogP contribution < -0.4 is 5.32 Å². The van der Waals surface area contributed by atoms with Gasteiger partial charge in [-0.15, -0.1) is 0 Å². The lowest BCUT2D eigenvalue weighted by atomic mass is 10.1. The monoisotopic (exact) mass is 300 g/mol. The lowest BCUT2D eigenvalue weighted by Crippen LogP contribution is -2.40. The fourth-order valence-corrected chi connectivity index (χ4v) is 2.24. The first-order valence-electron chi connectivity index (χ1n) is 7.50. The van der Waals surface area contributed by atoms with Crippen LogP contribution >= 0.6 is 0 Å².